The molecule has 10 nitrogen and oxygen atoms in total. The Kier molecular flexibility index (Phi) is 9.57. The van der Waals surface area contributed by atoms with E-state index in [-0.39, 0.29) is 23.9 Å². The summed E-state index contributed by atoms with van der Waals surface area (Å²) in [6, 6.07) is 15.0. The fraction of sp³-hybridized carbons (Fsp3) is 0.200. The maximum absolute atomic E-state index is 10.3. The van der Waals surface area contributed by atoms with Gasteiger partial charge in [-0.25, -0.2) is 5.43 Å². The van der Waals surface area contributed by atoms with Gasteiger partial charge >= 0.3 is 0 Å². The van der Waals surface area contributed by atoms with Crippen molar-refractivity contribution in [1.29, 1.82) is 16.3 Å². The molecule has 2 aliphatic heterocycles. The molecule has 0 aliphatic carbocycles. The summed E-state index contributed by atoms with van der Waals surface area (Å²) in [6.45, 7) is 0.248. The van der Waals surface area contributed by atoms with Gasteiger partial charge in [-0.2, -0.15) is 10.4 Å². The number of nitroso groups, excluding NO2 is 1. The van der Waals surface area contributed by atoms with Crippen LogP contribution >= 0.6 is 35.1 Å². The molecule has 0 bridgehead atoms. The molecule has 0 amide bonds. The van der Waals surface area contributed by atoms with Crippen LogP contribution in [-0.4, -0.2) is 36.7 Å². The summed E-state index contributed by atoms with van der Waals surface area (Å²) in [6.07, 6.45) is 2.47. The van der Waals surface area contributed by atoms with Crippen molar-refractivity contribution in [2.45, 2.75) is 10.7 Å². The average Bonchev–Trinajstić information content (AvgIpc) is 3.41. The lowest BCUT2D eigenvalue weighted by atomic mass is 9.91. The molecule has 2 unspecified atom stereocenters. The van der Waals surface area contributed by atoms with E-state index in [1.807, 2.05) is 36.4 Å². The maximum atomic E-state index is 10.3. The van der Waals surface area contributed by atoms with Crippen molar-refractivity contribution in [3.8, 4) is 5.75 Å². The Morgan fingerprint density at radius 1 is 1.11 bits per heavy atom. The number of thioether (sulfide) groups is 2. The predicted octanol–water partition coefficient (Wildman–Crippen LogP) is 5.82. The van der Waals surface area contributed by atoms with Crippen LogP contribution in [-0.2, 0) is 0 Å². The number of ether oxygens (including phenoxy) is 1. The molecule has 196 valence electrons. The molecule has 0 saturated heterocycles. The van der Waals surface area contributed by atoms with E-state index in [1.165, 1.54) is 12.4 Å². The predicted molar refractivity (Wildman–Crippen MR) is 155 cm³/mol. The third-order valence-corrected chi connectivity index (χ3v) is 8.21. The molecule has 6 N–H and O–H groups in total. The molecule has 2 atom stereocenters. The molecule has 2 heterocycles. The number of nitrogens with one attached hydrogen (secondary N) is 6. The fourth-order valence-electron chi connectivity index (χ4n) is 3.95. The SMILES string of the molecule is N=CC1=C(NN=N)NC(SCC2=CSC(c3ccc(Cl)cc3)N2)C(C=N)=C1c1ccc(OCCN=O)cc1. The smallest absolute Gasteiger partial charge is 0.131 e. The minimum absolute atomic E-state index is 0.0615. The second-order valence-corrected chi connectivity index (χ2v) is 10.6. The van der Waals surface area contributed by atoms with E-state index in [4.69, 9.17) is 32.7 Å². The Labute approximate surface area is 233 Å². The van der Waals surface area contributed by atoms with Gasteiger partial charge in [-0.05, 0) is 40.8 Å². The lowest BCUT2D eigenvalue weighted by Crippen LogP contribution is -2.39. The van der Waals surface area contributed by atoms with Gasteiger partial charge in [0.15, 0.2) is 0 Å². The summed E-state index contributed by atoms with van der Waals surface area (Å²) in [5, 5.41) is 31.8. The molecule has 38 heavy (non-hydrogen) atoms. The highest BCUT2D eigenvalue weighted by atomic mass is 35.5. The van der Waals surface area contributed by atoms with Crippen molar-refractivity contribution < 1.29 is 4.74 Å². The summed E-state index contributed by atoms with van der Waals surface area (Å²) in [4.78, 5) is 10.3. The Morgan fingerprint density at radius 2 is 1.87 bits per heavy atom. The van der Waals surface area contributed by atoms with E-state index in [1.54, 1.807) is 35.7 Å². The third kappa shape index (κ3) is 6.44. The molecule has 0 spiro atoms. The van der Waals surface area contributed by atoms with E-state index in [0.29, 0.717) is 39.1 Å². The Balaban J connectivity index is 1.55. The lowest BCUT2D eigenvalue weighted by molar-refractivity contribution is 0.328. The van der Waals surface area contributed by atoms with Crippen LogP contribution in [0.15, 0.2) is 87.0 Å². The second-order valence-electron chi connectivity index (χ2n) is 8.05. The first-order valence-electron chi connectivity index (χ1n) is 11.5. The molecule has 4 rings (SSSR count). The molecule has 0 fully saturated rings. The molecule has 0 saturated carbocycles. The first-order valence-corrected chi connectivity index (χ1v) is 13.8. The van der Waals surface area contributed by atoms with Gasteiger partial charge in [-0.15, -0.1) is 23.5 Å². The summed E-state index contributed by atoms with van der Waals surface area (Å²) >= 11 is 9.29. The molecule has 0 radical (unpaired) electrons. The van der Waals surface area contributed by atoms with E-state index < -0.39 is 0 Å². The van der Waals surface area contributed by atoms with Crippen LogP contribution in [0, 0.1) is 21.3 Å². The van der Waals surface area contributed by atoms with Crippen LogP contribution in [0.1, 0.15) is 16.5 Å². The Bertz CT molecular complexity index is 1300. The number of dihydropyridines is 1. The van der Waals surface area contributed by atoms with Crippen molar-refractivity contribution in [2.24, 2.45) is 10.4 Å². The third-order valence-electron chi connectivity index (χ3n) is 5.69. The zero-order valence-corrected chi connectivity index (χ0v) is 22.4. The first-order chi connectivity index (χ1) is 18.6. The molecule has 2 aromatic rings. The van der Waals surface area contributed by atoms with Gasteiger partial charge in [0.2, 0.25) is 0 Å². The monoisotopic (exact) mass is 568 g/mol. The van der Waals surface area contributed by atoms with E-state index in [0.717, 1.165) is 16.8 Å². The molecule has 13 heteroatoms. The number of halogens is 1. The second kappa shape index (κ2) is 13.3. The first kappa shape index (κ1) is 27.4. The lowest BCUT2D eigenvalue weighted by Gasteiger charge is -2.31. The highest BCUT2D eigenvalue weighted by Crippen LogP contribution is 2.39. The Morgan fingerprint density at radius 3 is 2.53 bits per heavy atom. The van der Waals surface area contributed by atoms with Gasteiger partial charge in [0.25, 0.3) is 0 Å². The standard InChI is InChI=1S/C25H25ClN8O2S2/c26-17-5-1-16(2-6-17)24-31-18(13-37-24)14-38-25-21(12-28)22(20(11-27)23(32-25)33-34-29)15-3-7-19(8-4-15)36-10-9-30-35/h1-8,11-13,24-25,27-28,31-32H,9-10,14H2,(H2,29,33). The minimum atomic E-state index is -0.340. The highest BCUT2D eigenvalue weighted by molar-refractivity contribution is 8.03. The number of rotatable bonds is 13. The number of hydrogen-bond acceptors (Lipinski definition) is 11. The number of benzene rings is 2. The number of hydrogen-bond donors (Lipinski definition) is 6. The van der Waals surface area contributed by atoms with Crippen molar-refractivity contribution >= 4 is 53.1 Å². The van der Waals surface area contributed by atoms with Crippen LogP contribution in [0.5, 0.6) is 5.75 Å². The van der Waals surface area contributed by atoms with Gasteiger partial charge in [-0.1, -0.05) is 46.3 Å². The van der Waals surface area contributed by atoms with Crippen LogP contribution in [0.2, 0.25) is 5.02 Å². The number of allylic oxidation sites excluding steroid dienone is 2. The molecular formula is C25H25ClN8O2S2. The summed E-state index contributed by atoms with van der Waals surface area (Å²) in [7, 11) is 0. The highest BCUT2D eigenvalue weighted by Gasteiger charge is 2.29. The van der Waals surface area contributed by atoms with Crippen molar-refractivity contribution in [1.82, 2.24) is 16.1 Å². The van der Waals surface area contributed by atoms with Crippen LogP contribution in [0.4, 0.5) is 0 Å². The maximum Gasteiger partial charge on any atom is 0.131 e. The van der Waals surface area contributed by atoms with Gasteiger partial charge in [0.1, 0.15) is 35.5 Å². The van der Waals surface area contributed by atoms with Crippen LogP contribution < -0.4 is 20.8 Å². The quantitative estimate of drug-likeness (QED) is 0.0583. The van der Waals surface area contributed by atoms with Crippen molar-refractivity contribution in [3.63, 3.8) is 0 Å². The minimum Gasteiger partial charge on any atom is -0.492 e. The van der Waals surface area contributed by atoms with E-state index in [2.05, 4.69) is 31.9 Å². The zero-order chi connectivity index (χ0) is 26.9. The van der Waals surface area contributed by atoms with Crippen molar-refractivity contribution in [3.05, 3.63) is 97.7 Å². The molecule has 2 aliphatic rings. The number of nitrogens with zero attached hydrogens (tertiary/aromatic N) is 2. The van der Waals surface area contributed by atoms with Crippen molar-refractivity contribution in [2.75, 3.05) is 18.9 Å². The topological polar surface area (TPSA) is 159 Å². The van der Waals surface area contributed by atoms with Gasteiger partial charge < -0.3 is 26.2 Å². The Hall–Kier alpha value is -3.61. The summed E-state index contributed by atoms with van der Waals surface area (Å²) in [5.41, 5.74) is 14.8. The normalized spacial score (nSPS) is 18.7. The van der Waals surface area contributed by atoms with Gasteiger partial charge in [0.05, 0.1) is 0 Å². The van der Waals surface area contributed by atoms with E-state index in [9.17, 15) is 4.91 Å². The molecular weight excluding hydrogens is 544 g/mol. The van der Waals surface area contributed by atoms with Gasteiger partial charge in [-0.3, -0.25) is 0 Å². The van der Waals surface area contributed by atoms with Crippen LogP contribution in [0.25, 0.3) is 5.57 Å². The fourth-order valence-corrected chi connectivity index (χ4v) is 6.24. The van der Waals surface area contributed by atoms with E-state index >= 15 is 0 Å². The average molecular weight is 569 g/mol. The summed E-state index contributed by atoms with van der Waals surface area (Å²) in [5.74, 6) is 1.63. The molecule has 2 aromatic carbocycles. The summed E-state index contributed by atoms with van der Waals surface area (Å²) < 4.78 is 5.52. The molecule has 0 aromatic heterocycles. The largest absolute Gasteiger partial charge is 0.492 e. The van der Waals surface area contributed by atoms with Crippen LogP contribution in [0.3, 0.4) is 0 Å². The van der Waals surface area contributed by atoms with Gasteiger partial charge in [0, 0.05) is 45.6 Å². The zero-order valence-electron chi connectivity index (χ0n) is 20.0.